The standard InChI is InChI=1S/C12H21N3O4S2/c1-6-15(5)21(18,19)13-12-9-11(8-7-10(12)2)20(16,17)14(3)4/h7-9,13H,6H2,1-5H3. The van der Waals surface area contributed by atoms with Gasteiger partial charge in [-0.15, -0.1) is 0 Å². The molecule has 0 aromatic heterocycles. The number of nitrogens with one attached hydrogen (secondary N) is 1. The Morgan fingerprint density at radius 1 is 1.10 bits per heavy atom. The van der Waals surface area contributed by atoms with Crippen LogP contribution in [0.3, 0.4) is 0 Å². The van der Waals surface area contributed by atoms with Crippen LogP contribution in [0, 0.1) is 6.92 Å². The first kappa shape index (κ1) is 17.9. The van der Waals surface area contributed by atoms with Gasteiger partial charge in [0.1, 0.15) is 0 Å². The van der Waals surface area contributed by atoms with Crippen molar-refractivity contribution in [3.05, 3.63) is 23.8 Å². The Labute approximate surface area is 126 Å². The van der Waals surface area contributed by atoms with Crippen molar-refractivity contribution in [1.82, 2.24) is 8.61 Å². The van der Waals surface area contributed by atoms with Crippen molar-refractivity contribution in [3.8, 4) is 0 Å². The Morgan fingerprint density at radius 3 is 2.14 bits per heavy atom. The SMILES string of the molecule is CCN(C)S(=O)(=O)Nc1cc(S(=O)(=O)N(C)C)ccc1C. The quantitative estimate of drug-likeness (QED) is 0.835. The van der Waals surface area contributed by atoms with E-state index in [4.69, 9.17) is 0 Å². The van der Waals surface area contributed by atoms with Gasteiger partial charge in [-0.1, -0.05) is 13.0 Å². The largest absolute Gasteiger partial charge is 0.301 e. The van der Waals surface area contributed by atoms with Gasteiger partial charge in [0.2, 0.25) is 10.0 Å². The molecule has 1 N–H and O–H groups in total. The summed E-state index contributed by atoms with van der Waals surface area (Å²) in [6, 6.07) is 4.35. The average Bonchev–Trinajstić information content (AvgIpc) is 2.39. The summed E-state index contributed by atoms with van der Waals surface area (Å²) >= 11 is 0. The second kappa shape index (κ2) is 6.30. The number of rotatable bonds is 6. The van der Waals surface area contributed by atoms with Gasteiger partial charge in [0.15, 0.2) is 0 Å². The lowest BCUT2D eigenvalue weighted by molar-refractivity contribution is 0.491. The molecular weight excluding hydrogens is 314 g/mol. The second-order valence-electron chi connectivity index (χ2n) is 4.79. The van der Waals surface area contributed by atoms with Gasteiger partial charge in [0.05, 0.1) is 10.6 Å². The fourth-order valence-corrected chi connectivity index (χ4v) is 3.39. The van der Waals surface area contributed by atoms with Crippen molar-refractivity contribution in [2.45, 2.75) is 18.7 Å². The van der Waals surface area contributed by atoms with Crippen LogP contribution in [0.4, 0.5) is 5.69 Å². The summed E-state index contributed by atoms with van der Waals surface area (Å²) in [6.07, 6.45) is 0. The molecule has 0 spiro atoms. The summed E-state index contributed by atoms with van der Waals surface area (Å²) in [5.41, 5.74) is 0.888. The van der Waals surface area contributed by atoms with E-state index in [0.717, 1.165) is 8.61 Å². The van der Waals surface area contributed by atoms with Gasteiger partial charge in [0, 0.05) is 27.7 Å². The lowest BCUT2D eigenvalue weighted by Gasteiger charge is -2.18. The Balaban J connectivity index is 3.28. The van der Waals surface area contributed by atoms with Crippen molar-refractivity contribution in [1.29, 1.82) is 0 Å². The predicted molar refractivity (Wildman–Crippen MR) is 82.9 cm³/mol. The molecule has 0 amide bonds. The molecule has 0 radical (unpaired) electrons. The lowest BCUT2D eigenvalue weighted by Crippen LogP contribution is -2.32. The molecule has 7 nitrogen and oxygen atoms in total. The summed E-state index contributed by atoms with van der Waals surface area (Å²) in [5, 5.41) is 0. The summed E-state index contributed by atoms with van der Waals surface area (Å²) in [6.45, 7) is 3.72. The van der Waals surface area contributed by atoms with Crippen LogP contribution in [0.15, 0.2) is 23.1 Å². The smallest absolute Gasteiger partial charge is 0.271 e. The predicted octanol–water partition coefficient (Wildman–Crippen LogP) is 0.854. The van der Waals surface area contributed by atoms with Crippen LogP contribution in [0.1, 0.15) is 12.5 Å². The topological polar surface area (TPSA) is 86.8 Å². The van der Waals surface area contributed by atoms with Crippen LogP contribution >= 0.6 is 0 Å². The Hall–Kier alpha value is -1.16. The first-order valence-electron chi connectivity index (χ1n) is 6.29. The van der Waals surface area contributed by atoms with Crippen LogP contribution < -0.4 is 4.72 Å². The summed E-state index contributed by atoms with van der Waals surface area (Å²) < 4.78 is 52.9. The molecule has 0 fully saturated rings. The molecule has 0 unspecified atom stereocenters. The monoisotopic (exact) mass is 335 g/mol. The van der Waals surface area contributed by atoms with Crippen molar-refractivity contribution in [2.75, 3.05) is 32.4 Å². The van der Waals surface area contributed by atoms with E-state index in [1.54, 1.807) is 19.9 Å². The van der Waals surface area contributed by atoms with E-state index in [0.29, 0.717) is 12.1 Å². The molecule has 21 heavy (non-hydrogen) atoms. The van der Waals surface area contributed by atoms with Gasteiger partial charge in [0.25, 0.3) is 0 Å². The highest BCUT2D eigenvalue weighted by Crippen LogP contribution is 2.23. The Kier molecular flexibility index (Phi) is 5.37. The maximum Gasteiger partial charge on any atom is 0.301 e. The van der Waals surface area contributed by atoms with Crippen LogP contribution in [0.5, 0.6) is 0 Å². The minimum Gasteiger partial charge on any atom is -0.271 e. The third kappa shape index (κ3) is 3.94. The van der Waals surface area contributed by atoms with Crippen LogP contribution in [-0.4, -0.2) is 53.1 Å². The number of benzene rings is 1. The molecule has 120 valence electrons. The maximum absolute atomic E-state index is 12.1. The highest BCUT2D eigenvalue weighted by molar-refractivity contribution is 7.90. The fourth-order valence-electron chi connectivity index (χ4n) is 1.47. The molecule has 0 aliphatic rings. The molecule has 1 rings (SSSR count). The van der Waals surface area contributed by atoms with Crippen molar-refractivity contribution < 1.29 is 16.8 Å². The molecule has 0 atom stereocenters. The van der Waals surface area contributed by atoms with Crippen LogP contribution in [-0.2, 0) is 20.2 Å². The lowest BCUT2D eigenvalue weighted by atomic mass is 10.2. The number of aryl methyl sites for hydroxylation is 1. The van der Waals surface area contributed by atoms with E-state index in [2.05, 4.69) is 4.72 Å². The highest BCUT2D eigenvalue weighted by Gasteiger charge is 2.21. The van der Waals surface area contributed by atoms with Crippen molar-refractivity contribution in [3.63, 3.8) is 0 Å². The Morgan fingerprint density at radius 2 is 1.67 bits per heavy atom. The molecule has 0 saturated heterocycles. The zero-order valence-electron chi connectivity index (χ0n) is 12.8. The summed E-state index contributed by atoms with van der Waals surface area (Å²) in [4.78, 5) is 0.0370. The number of nitrogens with zero attached hydrogens (tertiary/aromatic N) is 2. The van der Waals surface area contributed by atoms with Gasteiger partial charge >= 0.3 is 10.2 Å². The Bertz CT molecular complexity index is 712. The first-order chi connectivity index (χ1) is 9.52. The van der Waals surface area contributed by atoms with Gasteiger partial charge < -0.3 is 0 Å². The van der Waals surface area contributed by atoms with E-state index < -0.39 is 20.2 Å². The zero-order valence-corrected chi connectivity index (χ0v) is 14.4. The molecule has 0 aliphatic carbocycles. The van der Waals surface area contributed by atoms with Gasteiger partial charge in [-0.05, 0) is 24.6 Å². The van der Waals surface area contributed by atoms with E-state index >= 15 is 0 Å². The van der Waals surface area contributed by atoms with Crippen molar-refractivity contribution >= 4 is 25.9 Å². The van der Waals surface area contributed by atoms with Crippen LogP contribution in [0.2, 0.25) is 0 Å². The molecule has 0 bridgehead atoms. The van der Waals surface area contributed by atoms with Gasteiger partial charge in [-0.3, -0.25) is 4.72 Å². The molecule has 0 heterocycles. The first-order valence-corrected chi connectivity index (χ1v) is 9.17. The minimum absolute atomic E-state index is 0.0370. The zero-order chi connectivity index (χ0) is 16.4. The second-order valence-corrected chi connectivity index (χ2v) is 8.71. The van der Waals surface area contributed by atoms with E-state index in [9.17, 15) is 16.8 Å². The number of hydrogen-bond acceptors (Lipinski definition) is 4. The minimum atomic E-state index is -3.69. The number of sulfonamides is 1. The molecule has 0 aliphatic heterocycles. The third-order valence-corrected chi connectivity index (χ3v) is 6.45. The van der Waals surface area contributed by atoms with E-state index in [1.807, 2.05) is 0 Å². The average molecular weight is 335 g/mol. The third-order valence-electron chi connectivity index (χ3n) is 3.08. The summed E-state index contributed by atoms with van der Waals surface area (Å²) in [7, 11) is -3.02. The van der Waals surface area contributed by atoms with E-state index in [1.165, 1.54) is 33.3 Å². The maximum atomic E-state index is 12.1. The molecule has 9 heteroatoms. The van der Waals surface area contributed by atoms with Gasteiger partial charge in [-0.2, -0.15) is 12.7 Å². The summed E-state index contributed by atoms with van der Waals surface area (Å²) in [5.74, 6) is 0. The van der Waals surface area contributed by atoms with Crippen LogP contribution in [0.25, 0.3) is 0 Å². The fraction of sp³-hybridized carbons (Fsp3) is 0.500. The molecule has 0 saturated carbocycles. The van der Waals surface area contributed by atoms with Crippen molar-refractivity contribution in [2.24, 2.45) is 0 Å². The molecule has 1 aromatic carbocycles. The molecular formula is C12H21N3O4S2. The number of hydrogen-bond donors (Lipinski definition) is 1. The highest BCUT2D eigenvalue weighted by atomic mass is 32.2. The van der Waals surface area contributed by atoms with Gasteiger partial charge in [-0.25, -0.2) is 12.7 Å². The molecule has 1 aromatic rings. The normalized spacial score (nSPS) is 12.9. The van der Waals surface area contributed by atoms with E-state index in [-0.39, 0.29) is 10.6 Å². The number of anilines is 1.